The van der Waals surface area contributed by atoms with Crippen LogP contribution >= 0.6 is 0 Å². The molecule has 0 saturated carbocycles. The molecule has 0 spiro atoms. The van der Waals surface area contributed by atoms with Crippen molar-refractivity contribution in [2.45, 2.75) is 30.6 Å². The van der Waals surface area contributed by atoms with E-state index in [1.54, 1.807) is 30.3 Å². The third-order valence-corrected chi connectivity index (χ3v) is 6.04. The van der Waals surface area contributed by atoms with Gasteiger partial charge in [0.2, 0.25) is 0 Å². The van der Waals surface area contributed by atoms with Crippen molar-refractivity contribution in [3.05, 3.63) is 53.9 Å². The fourth-order valence-electron chi connectivity index (χ4n) is 3.30. The summed E-state index contributed by atoms with van der Waals surface area (Å²) in [5, 5.41) is 11.0. The van der Waals surface area contributed by atoms with Gasteiger partial charge in [-0.15, -0.1) is 5.10 Å². The van der Waals surface area contributed by atoms with Gasteiger partial charge in [0, 0.05) is 0 Å². The second kappa shape index (κ2) is 6.99. The van der Waals surface area contributed by atoms with E-state index in [4.69, 9.17) is 4.74 Å². The first kappa shape index (κ1) is 17.5. The summed E-state index contributed by atoms with van der Waals surface area (Å²) in [6, 6.07) is 10.3. The van der Waals surface area contributed by atoms with Crippen LogP contribution in [0, 0.1) is 0 Å². The zero-order valence-electron chi connectivity index (χ0n) is 14.8. The number of hydrogen-bond acceptors (Lipinski definition) is 6. The number of anilines is 1. The second-order valence-electron chi connectivity index (χ2n) is 6.38. The van der Waals surface area contributed by atoms with E-state index in [2.05, 4.69) is 20.2 Å². The number of aromatic nitrogens is 4. The maximum atomic E-state index is 12.9. The highest BCUT2D eigenvalue weighted by molar-refractivity contribution is 7.92. The first-order valence-electron chi connectivity index (χ1n) is 8.63. The number of methoxy groups -OCH3 is 1. The van der Waals surface area contributed by atoms with Gasteiger partial charge in [0.15, 0.2) is 0 Å². The van der Waals surface area contributed by atoms with Crippen molar-refractivity contribution >= 4 is 15.7 Å². The average Bonchev–Trinajstić information content (AvgIpc) is 3.22. The predicted octanol–water partition coefficient (Wildman–Crippen LogP) is 2.35. The standard InChI is InChI=1S/C18H19N5O3S/c1-26-18-9-7-15(11-17(18)23-12-19-21-22-23)20-27(24,25)16-8-6-13-4-2-3-5-14(13)10-16/h6-12,20H,2-5H2,1H3. The summed E-state index contributed by atoms with van der Waals surface area (Å²) in [6.07, 6.45) is 5.60. The van der Waals surface area contributed by atoms with Gasteiger partial charge in [-0.1, -0.05) is 6.07 Å². The van der Waals surface area contributed by atoms with Crippen LogP contribution < -0.4 is 9.46 Å². The number of rotatable bonds is 5. The van der Waals surface area contributed by atoms with E-state index in [9.17, 15) is 8.42 Å². The SMILES string of the molecule is COc1ccc(NS(=O)(=O)c2ccc3c(c2)CCCC3)cc1-n1cnnn1. The molecule has 1 aliphatic rings. The van der Waals surface area contributed by atoms with Crippen molar-refractivity contribution in [3.8, 4) is 11.4 Å². The Morgan fingerprint density at radius 2 is 1.89 bits per heavy atom. The quantitative estimate of drug-likeness (QED) is 0.724. The molecule has 0 fully saturated rings. The van der Waals surface area contributed by atoms with Crippen LogP contribution in [0.3, 0.4) is 0 Å². The molecule has 1 aromatic heterocycles. The summed E-state index contributed by atoms with van der Waals surface area (Å²) >= 11 is 0. The smallest absolute Gasteiger partial charge is 0.261 e. The van der Waals surface area contributed by atoms with E-state index in [1.807, 2.05) is 6.07 Å². The molecule has 1 aliphatic carbocycles. The number of hydrogen-bond donors (Lipinski definition) is 1. The lowest BCUT2D eigenvalue weighted by molar-refractivity contribution is 0.411. The van der Waals surface area contributed by atoms with Crippen LogP contribution in [0.5, 0.6) is 5.75 Å². The van der Waals surface area contributed by atoms with Crippen molar-refractivity contribution in [1.82, 2.24) is 20.2 Å². The van der Waals surface area contributed by atoms with Crippen LogP contribution in [-0.4, -0.2) is 35.7 Å². The zero-order valence-corrected chi connectivity index (χ0v) is 15.6. The fraction of sp³-hybridized carbons (Fsp3) is 0.278. The molecule has 27 heavy (non-hydrogen) atoms. The Morgan fingerprint density at radius 3 is 2.63 bits per heavy atom. The molecule has 1 N–H and O–H groups in total. The maximum Gasteiger partial charge on any atom is 0.261 e. The van der Waals surface area contributed by atoms with Gasteiger partial charge in [0.1, 0.15) is 17.8 Å². The van der Waals surface area contributed by atoms with Crippen molar-refractivity contribution in [1.29, 1.82) is 0 Å². The van der Waals surface area contributed by atoms with Gasteiger partial charge in [0.05, 0.1) is 17.7 Å². The average molecular weight is 385 g/mol. The molecule has 0 saturated heterocycles. The molecule has 4 rings (SSSR count). The molecule has 3 aromatic rings. The molecule has 8 nitrogen and oxygen atoms in total. The summed E-state index contributed by atoms with van der Waals surface area (Å²) in [5.74, 6) is 0.527. The van der Waals surface area contributed by atoms with Gasteiger partial charge in [-0.05, 0) is 77.6 Å². The number of sulfonamides is 1. The van der Waals surface area contributed by atoms with E-state index in [1.165, 1.54) is 23.7 Å². The van der Waals surface area contributed by atoms with Crippen molar-refractivity contribution < 1.29 is 13.2 Å². The van der Waals surface area contributed by atoms with Gasteiger partial charge in [-0.25, -0.2) is 8.42 Å². The maximum absolute atomic E-state index is 12.9. The van der Waals surface area contributed by atoms with Gasteiger partial charge < -0.3 is 4.74 Å². The van der Waals surface area contributed by atoms with Crippen LogP contribution in [-0.2, 0) is 22.9 Å². The van der Waals surface area contributed by atoms with Crippen LogP contribution in [0.1, 0.15) is 24.0 Å². The molecular weight excluding hydrogens is 366 g/mol. The number of nitrogens with zero attached hydrogens (tertiary/aromatic N) is 4. The Kier molecular flexibility index (Phi) is 4.53. The van der Waals surface area contributed by atoms with Crippen LogP contribution in [0.25, 0.3) is 5.69 Å². The van der Waals surface area contributed by atoms with E-state index >= 15 is 0 Å². The molecule has 0 atom stereocenters. The Bertz CT molecular complexity index is 1060. The highest BCUT2D eigenvalue weighted by Gasteiger charge is 2.19. The van der Waals surface area contributed by atoms with Crippen molar-refractivity contribution in [2.75, 3.05) is 11.8 Å². The topological polar surface area (TPSA) is 99.0 Å². The van der Waals surface area contributed by atoms with Gasteiger partial charge in [-0.2, -0.15) is 4.68 Å². The molecule has 1 heterocycles. The van der Waals surface area contributed by atoms with Gasteiger partial charge >= 0.3 is 0 Å². The number of nitrogens with one attached hydrogen (secondary N) is 1. The van der Waals surface area contributed by atoms with Crippen molar-refractivity contribution in [2.24, 2.45) is 0 Å². The summed E-state index contributed by atoms with van der Waals surface area (Å²) in [4.78, 5) is 0.267. The molecular formula is C18H19N5O3S. The molecule has 0 amide bonds. The molecule has 140 valence electrons. The number of aryl methyl sites for hydroxylation is 2. The second-order valence-corrected chi connectivity index (χ2v) is 8.07. The lowest BCUT2D eigenvalue weighted by Gasteiger charge is -2.17. The third-order valence-electron chi connectivity index (χ3n) is 4.66. The van der Waals surface area contributed by atoms with E-state index in [0.29, 0.717) is 17.1 Å². The molecule has 2 aromatic carbocycles. The number of tetrazole rings is 1. The van der Waals surface area contributed by atoms with E-state index in [0.717, 1.165) is 31.2 Å². The van der Waals surface area contributed by atoms with E-state index in [-0.39, 0.29) is 4.90 Å². The summed E-state index contributed by atoms with van der Waals surface area (Å²) in [7, 11) is -2.18. The monoisotopic (exact) mass is 385 g/mol. The Morgan fingerprint density at radius 1 is 1.07 bits per heavy atom. The molecule has 0 aliphatic heterocycles. The molecule has 0 unspecified atom stereocenters. The third kappa shape index (κ3) is 3.50. The number of ether oxygens (including phenoxy) is 1. The number of fused-ring (bicyclic) bond motifs is 1. The summed E-state index contributed by atoms with van der Waals surface area (Å²) in [6.45, 7) is 0. The molecule has 0 bridgehead atoms. The minimum absolute atomic E-state index is 0.267. The summed E-state index contributed by atoms with van der Waals surface area (Å²) < 4.78 is 35.0. The molecule has 9 heteroatoms. The Balaban J connectivity index is 1.66. The zero-order chi connectivity index (χ0) is 18.9. The van der Waals surface area contributed by atoms with Gasteiger partial charge in [0.25, 0.3) is 10.0 Å². The van der Waals surface area contributed by atoms with Crippen LogP contribution in [0.4, 0.5) is 5.69 Å². The highest BCUT2D eigenvalue weighted by atomic mass is 32.2. The predicted molar refractivity (Wildman–Crippen MR) is 99.6 cm³/mol. The highest BCUT2D eigenvalue weighted by Crippen LogP contribution is 2.28. The Hall–Kier alpha value is -2.94. The lowest BCUT2D eigenvalue weighted by Crippen LogP contribution is -2.15. The van der Waals surface area contributed by atoms with Crippen LogP contribution in [0.15, 0.2) is 47.6 Å². The first-order chi connectivity index (χ1) is 13.1. The fourth-order valence-corrected chi connectivity index (χ4v) is 4.39. The first-order valence-corrected chi connectivity index (χ1v) is 10.1. The largest absolute Gasteiger partial charge is 0.494 e. The minimum Gasteiger partial charge on any atom is -0.494 e. The van der Waals surface area contributed by atoms with Crippen LogP contribution in [0.2, 0.25) is 0 Å². The molecule has 0 radical (unpaired) electrons. The normalized spacial score (nSPS) is 13.8. The van der Waals surface area contributed by atoms with Crippen molar-refractivity contribution in [3.63, 3.8) is 0 Å². The minimum atomic E-state index is -3.70. The lowest BCUT2D eigenvalue weighted by atomic mass is 9.92. The Labute approximate surface area is 157 Å². The number of benzene rings is 2. The van der Waals surface area contributed by atoms with Gasteiger partial charge in [-0.3, -0.25) is 4.72 Å². The van der Waals surface area contributed by atoms with E-state index < -0.39 is 10.0 Å². The summed E-state index contributed by atoms with van der Waals surface area (Å²) in [5.41, 5.74) is 3.30.